The first-order valence-electron chi connectivity index (χ1n) is 10.6. The Morgan fingerprint density at radius 1 is 1.19 bits per heavy atom. The second-order valence-corrected chi connectivity index (χ2v) is 10.1. The molecular weight excluding hydrogens is 422 g/mol. The highest BCUT2D eigenvalue weighted by molar-refractivity contribution is 7.21. The van der Waals surface area contributed by atoms with Gasteiger partial charge in [0.1, 0.15) is 10.6 Å². The second kappa shape index (κ2) is 7.70. The van der Waals surface area contributed by atoms with Crippen LogP contribution in [0.2, 0.25) is 0 Å². The Morgan fingerprint density at radius 3 is 2.78 bits per heavy atom. The minimum absolute atomic E-state index is 0.265. The maximum Gasteiger partial charge on any atom is 0.410 e. The van der Waals surface area contributed by atoms with Crippen LogP contribution in [-0.4, -0.2) is 49.4 Å². The highest BCUT2D eigenvalue weighted by Gasteiger charge is 2.24. The number of fused-ring (bicyclic) bond motifs is 2. The molecule has 0 saturated heterocycles. The molecule has 1 aromatic carbocycles. The smallest absolute Gasteiger partial charge is 0.410 e. The zero-order valence-electron chi connectivity index (χ0n) is 18.6. The van der Waals surface area contributed by atoms with E-state index in [9.17, 15) is 4.79 Å². The third-order valence-corrected chi connectivity index (χ3v) is 6.39. The molecule has 4 aromatic rings. The summed E-state index contributed by atoms with van der Waals surface area (Å²) < 4.78 is 8.36. The summed E-state index contributed by atoms with van der Waals surface area (Å²) in [6, 6.07) is 8.36. The van der Waals surface area contributed by atoms with E-state index in [1.165, 1.54) is 5.57 Å². The third-order valence-electron chi connectivity index (χ3n) is 5.34. The van der Waals surface area contributed by atoms with Crippen molar-refractivity contribution in [3.63, 3.8) is 0 Å². The maximum atomic E-state index is 12.3. The Morgan fingerprint density at radius 2 is 2.03 bits per heavy atom. The van der Waals surface area contributed by atoms with E-state index < -0.39 is 5.60 Å². The van der Waals surface area contributed by atoms with Crippen LogP contribution in [-0.2, 0) is 11.8 Å². The standard InChI is InChI=1S/C24H25N5O2S/c1-24(2,3)31-23(30)29-9-7-15(8-10-29)17-12-20-21(25-13-17)26-22(32-20)16-5-6-19-18(11-16)14-28(4)27-19/h5-7,11-14H,8-10H2,1-4H3. The summed E-state index contributed by atoms with van der Waals surface area (Å²) >= 11 is 1.64. The molecule has 0 saturated carbocycles. The zero-order chi connectivity index (χ0) is 22.5. The molecule has 5 rings (SSSR count). The van der Waals surface area contributed by atoms with Crippen LogP contribution in [0.3, 0.4) is 0 Å². The summed E-state index contributed by atoms with van der Waals surface area (Å²) in [5, 5.41) is 6.48. The molecule has 7 nitrogen and oxygen atoms in total. The van der Waals surface area contributed by atoms with Crippen LogP contribution in [0.5, 0.6) is 0 Å². The molecule has 0 spiro atoms. The molecule has 0 N–H and O–H groups in total. The van der Waals surface area contributed by atoms with Crippen LogP contribution in [0.1, 0.15) is 32.8 Å². The number of hydrogen-bond acceptors (Lipinski definition) is 6. The van der Waals surface area contributed by atoms with Crippen LogP contribution >= 0.6 is 11.3 Å². The average molecular weight is 448 g/mol. The topological polar surface area (TPSA) is 73.1 Å². The first kappa shape index (κ1) is 20.6. The number of nitrogens with zero attached hydrogens (tertiary/aromatic N) is 5. The molecule has 8 heteroatoms. The molecule has 164 valence electrons. The monoisotopic (exact) mass is 447 g/mol. The van der Waals surface area contributed by atoms with E-state index in [1.807, 2.05) is 51.0 Å². The number of carbonyl (C=O) groups is 1. The molecule has 3 aromatic heterocycles. The molecule has 0 unspecified atom stereocenters. The maximum absolute atomic E-state index is 12.3. The van der Waals surface area contributed by atoms with Gasteiger partial charge in [-0.25, -0.2) is 14.8 Å². The molecule has 4 heterocycles. The molecule has 1 amide bonds. The van der Waals surface area contributed by atoms with Crippen molar-refractivity contribution in [2.75, 3.05) is 13.1 Å². The Bertz CT molecular complexity index is 1360. The first-order valence-corrected chi connectivity index (χ1v) is 11.4. The Kier molecular flexibility index (Phi) is 4.97. The minimum atomic E-state index is -0.485. The minimum Gasteiger partial charge on any atom is -0.444 e. The summed E-state index contributed by atoms with van der Waals surface area (Å²) in [4.78, 5) is 23.4. The number of pyridine rings is 1. The van der Waals surface area contributed by atoms with Gasteiger partial charge in [0, 0.05) is 43.5 Å². The van der Waals surface area contributed by atoms with E-state index in [1.54, 1.807) is 16.2 Å². The van der Waals surface area contributed by atoms with Crippen molar-refractivity contribution in [3.05, 3.63) is 48.3 Å². The normalized spacial score (nSPS) is 14.8. The number of rotatable bonds is 2. The molecule has 1 aliphatic rings. The van der Waals surface area contributed by atoms with Gasteiger partial charge in [-0.1, -0.05) is 6.08 Å². The van der Waals surface area contributed by atoms with Gasteiger partial charge in [-0.3, -0.25) is 4.68 Å². The van der Waals surface area contributed by atoms with E-state index >= 15 is 0 Å². The molecule has 0 aliphatic carbocycles. The van der Waals surface area contributed by atoms with Crippen molar-refractivity contribution in [2.24, 2.45) is 7.05 Å². The quantitative estimate of drug-likeness (QED) is 0.419. The van der Waals surface area contributed by atoms with E-state index in [0.717, 1.165) is 43.8 Å². The highest BCUT2D eigenvalue weighted by Crippen LogP contribution is 2.33. The van der Waals surface area contributed by atoms with Gasteiger partial charge >= 0.3 is 6.09 Å². The molecule has 0 radical (unpaired) electrons. The Balaban J connectivity index is 1.38. The molecule has 0 fully saturated rings. The molecule has 0 bridgehead atoms. The number of aryl methyl sites for hydroxylation is 1. The molecule has 1 aliphatic heterocycles. The van der Waals surface area contributed by atoms with E-state index in [4.69, 9.17) is 9.72 Å². The van der Waals surface area contributed by atoms with E-state index in [0.29, 0.717) is 13.1 Å². The van der Waals surface area contributed by atoms with Gasteiger partial charge in [0.15, 0.2) is 5.65 Å². The van der Waals surface area contributed by atoms with Crippen LogP contribution in [0.15, 0.2) is 42.7 Å². The van der Waals surface area contributed by atoms with Crippen molar-refractivity contribution >= 4 is 44.3 Å². The van der Waals surface area contributed by atoms with Gasteiger partial charge in [-0.15, -0.1) is 11.3 Å². The van der Waals surface area contributed by atoms with Crippen LogP contribution in [0, 0.1) is 0 Å². The van der Waals surface area contributed by atoms with E-state index in [-0.39, 0.29) is 6.09 Å². The Hall–Kier alpha value is -3.26. The van der Waals surface area contributed by atoms with Gasteiger partial charge in [0.25, 0.3) is 0 Å². The van der Waals surface area contributed by atoms with Crippen molar-refractivity contribution in [3.8, 4) is 10.6 Å². The number of benzene rings is 1. The van der Waals surface area contributed by atoms with Crippen LogP contribution in [0.4, 0.5) is 4.79 Å². The third kappa shape index (κ3) is 4.10. The van der Waals surface area contributed by atoms with E-state index in [2.05, 4.69) is 34.4 Å². The lowest BCUT2D eigenvalue weighted by Gasteiger charge is -2.29. The largest absolute Gasteiger partial charge is 0.444 e. The van der Waals surface area contributed by atoms with Crippen molar-refractivity contribution < 1.29 is 9.53 Å². The van der Waals surface area contributed by atoms with Gasteiger partial charge in [0.05, 0.1) is 10.2 Å². The number of aromatic nitrogens is 4. The van der Waals surface area contributed by atoms with Gasteiger partial charge in [-0.05, 0) is 62.6 Å². The summed E-state index contributed by atoms with van der Waals surface area (Å²) in [6.45, 7) is 6.83. The summed E-state index contributed by atoms with van der Waals surface area (Å²) in [7, 11) is 1.93. The number of ether oxygens (including phenoxy) is 1. The summed E-state index contributed by atoms with van der Waals surface area (Å²) in [5.41, 5.74) is 4.60. The number of carbonyl (C=O) groups excluding carboxylic acids is 1. The van der Waals surface area contributed by atoms with Gasteiger partial charge < -0.3 is 9.64 Å². The fourth-order valence-electron chi connectivity index (χ4n) is 3.82. The molecule has 32 heavy (non-hydrogen) atoms. The lowest BCUT2D eigenvalue weighted by molar-refractivity contribution is 0.0270. The lowest BCUT2D eigenvalue weighted by atomic mass is 10.0. The number of thiazole rings is 1. The van der Waals surface area contributed by atoms with Crippen LogP contribution in [0.25, 0.3) is 37.4 Å². The van der Waals surface area contributed by atoms with Crippen LogP contribution < -0.4 is 0 Å². The predicted octanol–water partition coefficient (Wildman–Crippen LogP) is 5.27. The van der Waals surface area contributed by atoms with Gasteiger partial charge in [0.2, 0.25) is 0 Å². The number of hydrogen-bond donors (Lipinski definition) is 0. The Labute approximate surface area is 190 Å². The van der Waals surface area contributed by atoms with Gasteiger partial charge in [-0.2, -0.15) is 5.10 Å². The predicted molar refractivity (Wildman–Crippen MR) is 128 cm³/mol. The fraction of sp³-hybridized carbons (Fsp3) is 0.333. The summed E-state index contributed by atoms with van der Waals surface area (Å²) in [6.07, 6.45) is 6.49. The van der Waals surface area contributed by atoms with Crippen molar-refractivity contribution in [1.82, 2.24) is 24.6 Å². The highest BCUT2D eigenvalue weighted by atomic mass is 32.1. The second-order valence-electron chi connectivity index (χ2n) is 9.05. The number of amides is 1. The van der Waals surface area contributed by atoms with Crippen molar-refractivity contribution in [2.45, 2.75) is 32.8 Å². The lowest BCUT2D eigenvalue weighted by Crippen LogP contribution is -2.39. The first-order chi connectivity index (χ1) is 15.2. The summed E-state index contributed by atoms with van der Waals surface area (Å²) in [5.74, 6) is 0. The fourth-order valence-corrected chi connectivity index (χ4v) is 4.79. The zero-order valence-corrected chi connectivity index (χ0v) is 19.4. The SMILES string of the molecule is Cn1cc2cc(-c3nc4ncc(C5=CCN(C(=O)OC(C)(C)C)CC5)cc4s3)ccc2n1. The van der Waals surface area contributed by atoms with Crippen molar-refractivity contribution in [1.29, 1.82) is 0 Å². The molecular formula is C24H25N5O2S. The molecule has 0 atom stereocenters. The average Bonchev–Trinajstić information content (AvgIpc) is 3.33.